The van der Waals surface area contributed by atoms with Crippen molar-refractivity contribution in [2.75, 3.05) is 0 Å². The van der Waals surface area contributed by atoms with E-state index in [1.165, 1.54) is 24.0 Å². The van der Waals surface area contributed by atoms with Gasteiger partial charge in [0, 0.05) is 0 Å². The number of allylic oxidation sites excluding steroid dienone is 4. The van der Waals surface area contributed by atoms with E-state index < -0.39 is 0 Å². The van der Waals surface area contributed by atoms with Crippen molar-refractivity contribution in [1.29, 1.82) is 0 Å². The standard InChI is InChI=1S/C17H22/c1-3-5-6-7-8-9-13-17-15-11-10-14-16(17)12-4-2/h3-5,9-15H,6-8H2,1-2H3/b5-3-,12-4+,13-9-. The first-order valence-corrected chi connectivity index (χ1v) is 6.38. The number of benzene rings is 1. The molecule has 0 amide bonds. The van der Waals surface area contributed by atoms with Crippen molar-refractivity contribution in [3.8, 4) is 0 Å². The van der Waals surface area contributed by atoms with Crippen molar-refractivity contribution in [2.45, 2.75) is 33.1 Å². The Labute approximate surface area is 105 Å². The van der Waals surface area contributed by atoms with E-state index in [1.54, 1.807) is 0 Å². The van der Waals surface area contributed by atoms with Crippen LogP contribution in [0, 0.1) is 0 Å². The molecule has 0 aliphatic heterocycles. The van der Waals surface area contributed by atoms with Gasteiger partial charge in [0.15, 0.2) is 0 Å². The Bertz CT molecular complexity index is 394. The fourth-order valence-electron chi connectivity index (χ4n) is 1.72. The quantitative estimate of drug-likeness (QED) is 0.445. The highest BCUT2D eigenvalue weighted by molar-refractivity contribution is 5.64. The molecule has 0 atom stereocenters. The average Bonchev–Trinajstić information content (AvgIpc) is 2.36. The summed E-state index contributed by atoms with van der Waals surface area (Å²) in [5.74, 6) is 0. The summed E-state index contributed by atoms with van der Waals surface area (Å²) in [5, 5.41) is 0. The predicted octanol–water partition coefficient (Wildman–Crippen LogP) is 5.48. The fraction of sp³-hybridized carbons (Fsp3) is 0.294. The minimum Gasteiger partial charge on any atom is -0.0917 e. The van der Waals surface area contributed by atoms with Crippen LogP contribution in [-0.2, 0) is 0 Å². The molecule has 0 nitrogen and oxygen atoms in total. The van der Waals surface area contributed by atoms with Gasteiger partial charge in [-0.05, 0) is 44.2 Å². The minimum atomic E-state index is 1.15. The summed E-state index contributed by atoms with van der Waals surface area (Å²) in [6.45, 7) is 4.13. The number of rotatable bonds is 6. The first-order valence-electron chi connectivity index (χ1n) is 6.38. The van der Waals surface area contributed by atoms with Crippen LogP contribution >= 0.6 is 0 Å². The van der Waals surface area contributed by atoms with E-state index in [9.17, 15) is 0 Å². The lowest BCUT2D eigenvalue weighted by Crippen LogP contribution is -1.79. The Morgan fingerprint density at radius 2 is 1.47 bits per heavy atom. The zero-order valence-electron chi connectivity index (χ0n) is 10.9. The number of unbranched alkanes of at least 4 members (excludes halogenated alkanes) is 2. The molecule has 0 unspecified atom stereocenters. The van der Waals surface area contributed by atoms with E-state index in [1.807, 2.05) is 0 Å². The Kier molecular flexibility index (Phi) is 6.81. The summed E-state index contributed by atoms with van der Waals surface area (Å²) >= 11 is 0. The second-order valence-corrected chi connectivity index (χ2v) is 4.03. The normalized spacial score (nSPS) is 12.1. The first kappa shape index (κ1) is 13.5. The van der Waals surface area contributed by atoms with Crippen LogP contribution in [0.1, 0.15) is 44.2 Å². The van der Waals surface area contributed by atoms with E-state index in [4.69, 9.17) is 0 Å². The average molecular weight is 226 g/mol. The molecular weight excluding hydrogens is 204 g/mol. The summed E-state index contributed by atoms with van der Waals surface area (Å²) in [6, 6.07) is 8.49. The van der Waals surface area contributed by atoms with Crippen LogP contribution < -0.4 is 0 Å². The van der Waals surface area contributed by atoms with Crippen molar-refractivity contribution < 1.29 is 0 Å². The third kappa shape index (κ3) is 5.35. The predicted molar refractivity (Wildman–Crippen MR) is 78.8 cm³/mol. The molecule has 0 fully saturated rings. The maximum Gasteiger partial charge on any atom is -0.0187 e. The smallest absolute Gasteiger partial charge is 0.0187 e. The van der Waals surface area contributed by atoms with Crippen LogP contribution in [0.15, 0.2) is 48.6 Å². The number of hydrogen-bond donors (Lipinski definition) is 0. The summed E-state index contributed by atoms with van der Waals surface area (Å²) in [6.07, 6.45) is 16.6. The molecule has 0 N–H and O–H groups in total. The summed E-state index contributed by atoms with van der Waals surface area (Å²) in [5.41, 5.74) is 2.59. The van der Waals surface area contributed by atoms with Gasteiger partial charge in [0.25, 0.3) is 0 Å². The fourth-order valence-corrected chi connectivity index (χ4v) is 1.72. The highest BCUT2D eigenvalue weighted by Gasteiger charge is 1.92. The SMILES string of the molecule is C/C=C\CCC/C=C\c1ccccc1/C=C/C. The molecule has 1 rings (SSSR count). The van der Waals surface area contributed by atoms with Gasteiger partial charge in [-0.2, -0.15) is 0 Å². The molecule has 0 saturated carbocycles. The van der Waals surface area contributed by atoms with Gasteiger partial charge in [-0.25, -0.2) is 0 Å². The highest BCUT2D eigenvalue weighted by atomic mass is 14.0. The molecule has 0 spiro atoms. The van der Waals surface area contributed by atoms with Crippen LogP contribution in [0.5, 0.6) is 0 Å². The molecule has 0 radical (unpaired) electrons. The molecule has 90 valence electrons. The monoisotopic (exact) mass is 226 g/mol. The zero-order valence-corrected chi connectivity index (χ0v) is 10.9. The van der Waals surface area contributed by atoms with Crippen molar-refractivity contribution in [3.05, 3.63) is 59.7 Å². The molecule has 0 aliphatic rings. The van der Waals surface area contributed by atoms with E-state index >= 15 is 0 Å². The van der Waals surface area contributed by atoms with Gasteiger partial charge in [0.2, 0.25) is 0 Å². The third-order valence-electron chi connectivity index (χ3n) is 2.62. The lowest BCUT2D eigenvalue weighted by atomic mass is 10.1. The van der Waals surface area contributed by atoms with Gasteiger partial charge in [-0.1, -0.05) is 60.7 Å². The van der Waals surface area contributed by atoms with Gasteiger partial charge in [-0.15, -0.1) is 0 Å². The summed E-state index contributed by atoms with van der Waals surface area (Å²) in [7, 11) is 0. The zero-order chi connectivity index (χ0) is 12.3. The number of hydrogen-bond acceptors (Lipinski definition) is 0. The lowest BCUT2D eigenvalue weighted by molar-refractivity contribution is 0.869. The molecule has 0 aromatic heterocycles. The van der Waals surface area contributed by atoms with Crippen molar-refractivity contribution in [2.24, 2.45) is 0 Å². The molecule has 0 saturated heterocycles. The van der Waals surface area contributed by atoms with E-state index in [2.05, 4.69) is 74.6 Å². The Hall–Kier alpha value is -1.56. The van der Waals surface area contributed by atoms with E-state index in [-0.39, 0.29) is 0 Å². The van der Waals surface area contributed by atoms with Crippen LogP contribution in [0.2, 0.25) is 0 Å². The van der Waals surface area contributed by atoms with E-state index in [0.29, 0.717) is 0 Å². The first-order chi connectivity index (χ1) is 8.38. The van der Waals surface area contributed by atoms with Crippen LogP contribution in [-0.4, -0.2) is 0 Å². The van der Waals surface area contributed by atoms with Gasteiger partial charge < -0.3 is 0 Å². The lowest BCUT2D eigenvalue weighted by Gasteiger charge is -1.99. The minimum absolute atomic E-state index is 1.15. The molecule has 0 aliphatic carbocycles. The topological polar surface area (TPSA) is 0 Å². The van der Waals surface area contributed by atoms with Gasteiger partial charge in [0.05, 0.1) is 0 Å². The van der Waals surface area contributed by atoms with Crippen molar-refractivity contribution in [1.82, 2.24) is 0 Å². The van der Waals surface area contributed by atoms with Crippen LogP contribution in [0.4, 0.5) is 0 Å². The second kappa shape index (κ2) is 8.58. The van der Waals surface area contributed by atoms with Gasteiger partial charge in [0.1, 0.15) is 0 Å². The largest absolute Gasteiger partial charge is 0.0917 e. The van der Waals surface area contributed by atoms with Crippen LogP contribution in [0.3, 0.4) is 0 Å². The maximum absolute atomic E-state index is 2.27. The summed E-state index contributed by atoms with van der Waals surface area (Å²) in [4.78, 5) is 0. The Balaban J connectivity index is 2.52. The highest BCUT2D eigenvalue weighted by Crippen LogP contribution is 2.13. The molecule has 0 bridgehead atoms. The van der Waals surface area contributed by atoms with Gasteiger partial charge in [-0.3, -0.25) is 0 Å². The van der Waals surface area contributed by atoms with Crippen molar-refractivity contribution in [3.63, 3.8) is 0 Å². The molecule has 17 heavy (non-hydrogen) atoms. The third-order valence-corrected chi connectivity index (χ3v) is 2.62. The Morgan fingerprint density at radius 1 is 0.824 bits per heavy atom. The molecule has 0 heterocycles. The molecule has 0 heteroatoms. The second-order valence-electron chi connectivity index (χ2n) is 4.03. The van der Waals surface area contributed by atoms with E-state index in [0.717, 1.165) is 6.42 Å². The van der Waals surface area contributed by atoms with Crippen molar-refractivity contribution >= 4 is 12.2 Å². The molecule has 1 aromatic rings. The molecule has 1 aromatic carbocycles. The van der Waals surface area contributed by atoms with Gasteiger partial charge >= 0.3 is 0 Å². The maximum atomic E-state index is 2.27. The summed E-state index contributed by atoms with van der Waals surface area (Å²) < 4.78 is 0. The Morgan fingerprint density at radius 3 is 2.12 bits per heavy atom. The molecular formula is C17H22. The van der Waals surface area contributed by atoms with Crippen LogP contribution in [0.25, 0.3) is 12.2 Å².